The molecule has 0 aliphatic rings. The van der Waals surface area contributed by atoms with Crippen molar-refractivity contribution in [2.24, 2.45) is 0 Å². The molecule has 0 N–H and O–H groups in total. The number of halogens is 1. The fourth-order valence-electron chi connectivity index (χ4n) is 2.04. The van der Waals surface area contributed by atoms with Crippen molar-refractivity contribution in [2.45, 2.75) is 6.42 Å². The molecule has 0 saturated carbocycles. The maximum Gasteiger partial charge on any atom is 0.228 e. The third kappa shape index (κ3) is 2.78. The first-order valence-electron chi connectivity index (χ1n) is 6.19. The molecule has 3 rings (SSSR count). The number of rotatable bonds is 4. The highest BCUT2D eigenvalue weighted by Crippen LogP contribution is 2.25. The van der Waals surface area contributed by atoms with Crippen LogP contribution in [0.2, 0.25) is 0 Å². The van der Waals surface area contributed by atoms with Crippen molar-refractivity contribution in [1.82, 2.24) is 0 Å². The molecule has 3 nitrogen and oxygen atoms in total. The first-order valence-corrected chi connectivity index (χ1v) is 7.93. The second-order valence-electron chi connectivity index (χ2n) is 4.40. The molecule has 0 aliphatic heterocycles. The fourth-order valence-corrected chi connectivity index (χ4v) is 3.09. The van der Waals surface area contributed by atoms with Gasteiger partial charge in [-0.3, -0.25) is 0 Å². The Labute approximate surface area is 129 Å². The highest BCUT2D eigenvalue weighted by Gasteiger charge is 2.10. The molecule has 3 aromatic rings. The van der Waals surface area contributed by atoms with Crippen LogP contribution in [0.1, 0.15) is 5.56 Å². The highest BCUT2D eigenvalue weighted by atomic mass is 79.9. The van der Waals surface area contributed by atoms with E-state index in [1.165, 1.54) is 11.8 Å². The monoisotopic (exact) mass is 349 g/mol. The van der Waals surface area contributed by atoms with Gasteiger partial charge in [-0.05, 0) is 34.5 Å². The maximum absolute atomic E-state index is 11.8. The van der Waals surface area contributed by atoms with E-state index < -0.39 is 0 Å². The minimum Gasteiger partial charge on any atom is -0.618 e. The molecule has 0 amide bonds. The summed E-state index contributed by atoms with van der Waals surface area (Å²) in [4.78, 5) is 0. The molecule has 2 aromatic heterocycles. The highest BCUT2D eigenvalue weighted by molar-refractivity contribution is 9.10. The molecule has 20 heavy (non-hydrogen) atoms. The molecule has 0 bridgehead atoms. The third-order valence-electron chi connectivity index (χ3n) is 3.05. The molecule has 0 fully saturated rings. The smallest absolute Gasteiger partial charge is 0.228 e. The Bertz CT molecular complexity index is 728. The topological polar surface area (TPSA) is 36.2 Å². The quantitative estimate of drug-likeness (QED) is 0.528. The molecule has 2 heterocycles. The Hall–Kier alpha value is -1.59. The summed E-state index contributed by atoms with van der Waals surface area (Å²) in [5.74, 6) is 0.745. The van der Waals surface area contributed by atoms with Gasteiger partial charge in [-0.15, -0.1) is 0 Å². The minimum atomic E-state index is 0.602. The van der Waals surface area contributed by atoms with Crippen LogP contribution < -0.4 is 9.47 Å². The maximum atomic E-state index is 11.8. The lowest BCUT2D eigenvalue weighted by atomic mass is 10.2. The first kappa shape index (κ1) is 13.4. The summed E-state index contributed by atoms with van der Waals surface area (Å²) in [7, 11) is 0. The van der Waals surface area contributed by atoms with Crippen LogP contribution in [0, 0.1) is 5.21 Å². The van der Waals surface area contributed by atoms with Crippen LogP contribution in [0.25, 0.3) is 10.9 Å². The molecule has 0 aliphatic carbocycles. The van der Waals surface area contributed by atoms with Gasteiger partial charge in [-0.2, -0.15) is 16.1 Å². The number of thiophene rings is 1. The summed E-state index contributed by atoms with van der Waals surface area (Å²) in [6.07, 6.45) is 2.35. The molecular formula is C15H12BrNO2S. The van der Waals surface area contributed by atoms with Gasteiger partial charge in [-0.1, -0.05) is 15.9 Å². The van der Waals surface area contributed by atoms with Crippen molar-refractivity contribution in [2.75, 3.05) is 6.61 Å². The Balaban J connectivity index is 1.82. The molecule has 1 aromatic carbocycles. The number of fused-ring (bicyclic) bond motifs is 1. The number of aromatic nitrogens is 1. The lowest BCUT2D eigenvalue weighted by Crippen LogP contribution is -2.26. The average Bonchev–Trinajstić information content (AvgIpc) is 2.95. The van der Waals surface area contributed by atoms with E-state index in [2.05, 4.69) is 32.8 Å². The number of benzene rings is 1. The van der Waals surface area contributed by atoms with Crippen molar-refractivity contribution < 1.29 is 9.47 Å². The van der Waals surface area contributed by atoms with E-state index in [0.717, 1.165) is 26.8 Å². The van der Waals surface area contributed by atoms with Gasteiger partial charge >= 0.3 is 0 Å². The van der Waals surface area contributed by atoms with E-state index in [-0.39, 0.29) is 0 Å². The third-order valence-corrected chi connectivity index (χ3v) is 4.28. The number of hydrogen-bond acceptors (Lipinski definition) is 3. The van der Waals surface area contributed by atoms with E-state index in [4.69, 9.17) is 4.74 Å². The average molecular weight is 350 g/mol. The van der Waals surface area contributed by atoms with Crippen LogP contribution in [0.5, 0.6) is 5.75 Å². The molecular weight excluding hydrogens is 338 g/mol. The van der Waals surface area contributed by atoms with Gasteiger partial charge < -0.3 is 9.94 Å². The van der Waals surface area contributed by atoms with Gasteiger partial charge in [0.15, 0.2) is 6.20 Å². The molecule has 0 unspecified atom stereocenters. The molecule has 0 spiro atoms. The van der Waals surface area contributed by atoms with Gasteiger partial charge in [-0.25, -0.2) is 0 Å². The van der Waals surface area contributed by atoms with Gasteiger partial charge in [0.2, 0.25) is 5.52 Å². The van der Waals surface area contributed by atoms with Crippen molar-refractivity contribution in [3.05, 3.63) is 62.5 Å². The molecule has 5 heteroatoms. The SMILES string of the molecule is [O-][n+]1ccc(OCCc2ccsc2)c2ccc(Br)cc21. The zero-order valence-corrected chi connectivity index (χ0v) is 13.0. The van der Waals surface area contributed by atoms with Gasteiger partial charge in [0.05, 0.1) is 12.0 Å². The van der Waals surface area contributed by atoms with Gasteiger partial charge in [0.1, 0.15) is 5.75 Å². The predicted octanol–water partition coefficient (Wildman–Crippen LogP) is 3.92. The largest absolute Gasteiger partial charge is 0.618 e. The zero-order valence-electron chi connectivity index (χ0n) is 10.6. The second kappa shape index (κ2) is 5.81. The van der Waals surface area contributed by atoms with Crippen LogP contribution in [0.4, 0.5) is 0 Å². The Kier molecular flexibility index (Phi) is 3.89. The summed E-state index contributed by atoms with van der Waals surface area (Å²) in [6, 6.07) is 9.42. The van der Waals surface area contributed by atoms with Crippen molar-refractivity contribution in [3.8, 4) is 5.75 Å². The van der Waals surface area contributed by atoms with E-state index in [0.29, 0.717) is 12.1 Å². The number of ether oxygens (including phenoxy) is 1. The zero-order chi connectivity index (χ0) is 13.9. The van der Waals surface area contributed by atoms with Crippen LogP contribution in [-0.2, 0) is 6.42 Å². The molecule has 0 radical (unpaired) electrons. The van der Waals surface area contributed by atoms with Gasteiger partial charge in [0.25, 0.3) is 0 Å². The van der Waals surface area contributed by atoms with Crippen LogP contribution in [0.3, 0.4) is 0 Å². The molecule has 0 saturated heterocycles. The van der Waals surface area contributed by atoms with Crippen LogP contribution >= 0.6 is 27.3 Å². The van der Waals surface area contributed by atoms with E-state index in [1.807, 2.05) is 12.1 Å². The van der Waals surface area contributed by atoms with Gasteiger partial charge in [0, 0.05) is 23.0 Å². The Morgan fingerprint density at radius 2 is 2.15 bits per heavy atom. The van der Waals surface area contributed by atoms with E-state index in [9.17, 15) is 5.21 Å². The van der Waals surface area contributed by atoms with E-state index in [1.54, 1.807) is 23.5 Å². The summed E-state index contributed by atoms with van der Waals surface area (Å²) in [5.41, 5.74) is 1.88. The molecule has 0 atom stereocenters. The van der Waals surface area contributed by atoms with Crippen molar-refractivity contribution in [1.29, 1.82) is 0 Å². The summed E-state index contributed by atoms with van der Waals surface area (Å²) >= 11 is 5.06. The fraction of sp³-hybridized carbons (Fsp3) is 0.133. The lowest BCUT2D eigenvalue weighted by Gasteiger charge is -2.09. The number of pyridine rings is 1. The lowest BCUT2D eigenvalue weighted by molar-refractivity contribution is -0.577. The number of hydrogen-bond donors (Lipinski definition) is 0. The van der Waals surface area contributed by atoms with Crippen LogP contribution in [-0.4, -0.2) is 6.61 Å². The van der Waals surface area contributed by atoms with Crippen molar-refractivity contribution >= 4 is 38.2 Å². The predicted molar refractivity (Wildman–Crippen MR) is 84.1 cm³/mol. The standard InChI is InChI=1S/C15H12BrNO2S/c16-12-1-2-13-14(9-12)17(18)6-3-15(13)19-7-4-11-5-8-20-10-11/h1-3,5-6,8-10H,4,7H2. The second-order valence-corrected chi connectivity index (χ2v) is 6.09. The number of nitrogens with zero attached hydrogens (tertiary/aromatic N) is 1. The summed E-state index contributed by atoms with van der Waals surface area (Å²) in [6.45, 7) is 0.602. The first-order chi connectivity index (χ1) is 9.74. The van der Waals surface area contributed by atoms with Crippen molar-refractivity contribution in [3.63, 3.8) is 0 Å². The minimum absolute atomic E-state index is 0.602. The Morgan fingerprint density at radius 3 is 2.95 bits per heavy atom. The summed E-state index contributed by atoms with van der Waals surface area (Å²) < 4.78 is 7.56. The molecule has 102 valence electrons. The van der Waals surface area contributed by atoms with Crippen LogP contribution in [0.15, 0.2) is 51.8 Å². The summed E-state index contributed by atoms with van der Waals surface area (Å²) in [5, 5.41) is 16.8. The normalized spacial score (nSPS) is 10.8. The van der Waals surface area contributed by atoms with E-state index >= 15 is 0 Å². The Morgan fingerprint density at radius 1 is 1.25 bits per heavy atom.